The fourth-order valence-corrected chi connectivity index (χ4v) is 3.98. The van der Waals surface area contributed by atoms with Crippen molar-refractivity contribution in [2.75, 3.05) is 0 Å². The number of cyclic esters (lactones) is 1. The number of ether oxygens (including phenoxy) is 1. The highest BCUT2D eigenvalue weighted by atomic mass is 19.1. The van der Waals surface area contributed by atoms with Gasteiger partial charge in [-0.25, -0.2) is 13.2 Å². The van der Waals surface area contributed by atoms with Gasteiger partial charge in [-0.1, -0.05) is 26.0 Å². The largest absolute Gasteiger partial charge is 0.455 e. The number of aliphatic hydroxyl groups is 1. The zero-order valence-corrected chi connectivity index (χ0v) is 18.8. The summed E-state index contributed by atoms with van der Waals surface area (Å²) in [5.74, 6) is -2.30. The Bertz CT molecular complexity index is 1220. The zero-order chi connectivity index (χ0) is 24.4. The number of carbonyl (C=O) groups is 1. The lowest BCUT2D eigenvalue weighted by molar-refractivity contribution is -0.158. The number of halogens is 3. The molecule has 2 aromatic carbocycles. The lowest BCUT2D eigenvalue weighted by atomic mass is 9.91. The van der Waals surface area contributed by atoms with Crippen molar-refractivity contribution in [3.8, 4) is 22.4 Å². The fourth-order valence-electron chi connectivity index (χ4n) is 3.98. The van der Waals surface area contributed by atoms with E-state index in [1.165, 1.54) is 30.3 Å². The van der Waals surface area contributed by atoms with Crippen LogP contribution in [-0.2, 0) is 9.53 Å². The smallest absolute Gasteiger partial charge is 0.309 e. The first-order valence-electron chi connectivity index (χ1n) is 11.0. The molecular formula is C27H24F3NO3. The van der Waals surface area contributed by atoms with Gasteiger partial charge >= 0.3 is 5.97 Å². The van der Waals surface area contributed by atoms with Crippen molar-refractivity contribution < 1.29 is 27.8 Å². The molecular weight excluding hydrogens is 443 g/mol. The molecule has 1 saturated heterocycles. The van der Waals surface area contributed by atoms with Crippen LogP contribution in [0.4, 0.5) is 13.2 Å². The topological polar surface area (TPSA) is 59.4 Å². The molecule has 1 aromatic heterocycles. The van der Waals surface area contributed by atoms with Crippen LogP contribution in [0.3, 0.4) is 0 Å². The van der Waals surface area contributed by atoms with Crippen LogP contribution in [0.25, 0.3) is 28.5 Å². The van der Waals surface area contributed by atoms with Crippen molar-refractivity contribution in [2.24, 2.45) is 0 Å². The molecule has 4 rings (SSSR count). The quantitative estimate of drug-likeness (QED) is 0.455. The Morgan fingerprint density at radius 1 is 1.06 bits per heavy atom. The lowest BCUT2D eigenvalue weighted by Gasteiger charge is -2.25. The van der Waals surface area contributed by atoms with Gasteiger partial charge in [-0.05, 0) is 65.6 Å². The third-order valence-electron chi connectivity index (χ3n) is 5.68. The number of pyridine rings is 1. The molecule has 4 nitrogen and oxygen atoms in total. The third-order valence-corrected chi connectivity index (χ3v) is 5.68. The summed E-state index contributed by atoms with van der Waals surface area (Å²) in [6.07, 6.45) is -1.13. The second kappa shape index (κ2) is 9.81. The maximum Gasteiger partial charge on any atom is 0.309 e. The molecule has 1 aliphatic heterocycles. The predicted octanol–water partition coefficient (Wildman–Crippen LogP) is 6.19. The fraction of sp³-hybridized carbons (Fsp3) is 0.259. The van der Waals surface area contributed by atoms with E-state index in [0.29, 0.717) is 33.6 Å². The first-order valence-corrected chi connectivity index (χ1v) is 11.0. The number of aromatic nitrogens is 1. The summed E-state index contributed by atoms with van der Waals surface area (Å²) in [6.45, 7) is 3.82. The minimum Gasteiger partial charge on any atom is -0.455 e. The minimum absolute atomic E-state index is 0.0436. The highest BCUT2D eigenvalue weighted by Crippen LogP contribution is 2.36. The number of nitrogens with zero attached hydrogens (tertiary/aromatic N) is 1. The van der Waals surface area contributed by atoms with Crippen LogP contribution in [0.2, 0.25) is 0 Å². The first-order chi connectivity index (χ1) is 16.2. The Kier molecular flexibility index (Phi) is 6.84. The number of hydrogen-bond acceptors (Lipinski definition) is 4. The molecule has 176 valence electrons. The Labute approximate surface area is 195 Å². The van der Waals surface area contributed by atoms with Gasteiger partial charge < -0.3 is 9.84 Å². The van der Waals surface area contributed by atoms with E-state index in [-0.39, 0.29) is 24.6 Å². The molecule has 1 N–H and O–H groups in total. The van der Waals surface area contributed by atoms with Crippen LogP contribution >= 0.6 is 0 Å². The average molecular weight is 467 g/mol. The van der Waals surface area contributed by atoms with Crippen molar-refractivity contribution in [2.45, 2.75) is 44.8 Å². The Morgan fingerprint density at radius 2 is 1.65 bits per heavy atom. The Hall–Kier alpha value is -3.45. The monoisotopic (exact) mass is 467 g/mol. The minimum atomic E-state index is -1.20. The zero-order valence-electron chi connectivity index (χ0n) is 18.8. The molecule has 1 aliphatic rings. The molecule has 0 aliphatic carbocycles. The van der Waals surface area contributed by atoms with E-state index in [0.717, 1.165) is 0 Å². The molecule has 3 aromatic rings. The van der Waals surface area contributed by atoms with E-state index in [1.807, 2.05) is 13.8 Å². The maximum absolute atomic E-state index is 15.3. The van der Waals surface area contributed by atoms with E-state index < -0.39 is 29.8 Å². The van der Waals surface area contributed by atoms with Crippen LogP contribution in [0.5, 0.6) is 0 Å². The Balaban J connectivity index is 1.90. The van der Waals surface area contributed by atoms with Gasteiger partial charge in [0.15, 0.2) is 6.10 Å². The molecule has 2 atom stereocenters. The van der Waals surface area contributed by atoms with Crippen molar-refractivity contribution in [3.05, 3.63) is 83.3 Å². The van der Waals surface area contributed by atoms with Crippen LogP contribution in [0.1, 0.15) is 43.9 Å². The van der Waals surface area contributed by atoms with E-state index >= 15 is 4.39 Å². The van der Waals surface area contributed by atoms with Crippen LogP contribution < -0.4 is 0 Å². The normalized spacial score (nSPS) is 18.8. The standard InChI is InChI=1S/C27H24F3NO3/c1-15(2)27-22(13-23(30)25-11-20(32)12-26(33)34-25)21(16-3-7-18(28)8-4-16)14-24(31-27)17-5-9-19(29)10-6-17/h3-10,13-15,20,25,32H,11-12H2,1-2H3/t20-,25+/m1/s1. The van der Waals surface area contributed by atoms with E-state index in [9.17, 15) is 18.7 Å². The van der Waals surface area contributed by atoms with Gasteiger partial charge in [0, 0.05) is 17.5 Å². The molecule has 0 saturated carbocycles. The summed E-state index contributed by atoms with van der Waals surface area (Å²) in [5, 5.41) is 9.88. The second-order valence-electron chi connectivity index (χ2n) is 8.62. The van der Waals surface area contributed by atoms with Crippen molar-refractivity contribution >= 4 is 12.0 Å². The van der Waals surface area contributed by atoms with Gasteiger partial charge in [0.1, 0.15) is 17.5 Å². The highest BCUT2D eigenvalue weighted by molar-refractivity contribution is 5.81. The summed E-state index contributed by atoms with van der Waals surface area (Å²) in [7, 11) is 0. The number of benzene rings is 2. The van der Waals surface area contributed by atoms with Crippen LogP contribution in [0.15, 0.2) is 60.4 Å². The van der Waals surface area contributed by atoms with Gasteiger partial charge in [-0.15, -0.1) is 0 Å². The number of carbonyl (C=O) groups excluding carboxylic acids is 1. The van der Waals surface area contributed by atoms with Gasteiger partial charge in [0.2, 0.25) is 0 Å². The van der Waals surface area contributed by atoms with Gasteiger partial charge in [0.05, 0.1) is 23.9 Å². The van der Waals surface area contributed by atoms with Crippen LogP contribution in [0, 0.1) is 11.6 Å². The van der Waals surface area contributed by atoms with Gasteiger partial charge in [-0.3, -0.25) is 9.78 Å². The van der Waals surface area contributed by atoms with Gasteiger partial charge in [0.25, 0.3) is 0 Å². The highest BCUT2D eigenvalue weighted by Gasteiger charge is 2.31. The summed E-state index contributed by atoms with van der Waals surface area (Å²) >= 11 is 0. The second-order valence-corrected chi connectivity index (χ2v) is 8.62. The molecule has 0 unspecified atom stereocenters. The molecule has 1 fully saturated rings. The average Bonchev–Trinajstić information content (AvgIpc) is 2.79. The molecule has 0 radical (unpaired) electrons. The summed E-state index contributed by atoms with van der Waals surface area (Å²) < 4.78 is 47.5. The van der Waals surface area contributed by atoms with Crippen molar-refractivity contribution in [1.29, 1.82) is 0 Å². The predicted molar refractivity (Wildman–Crippen MR) is 123 cm³/mol. The van der Waals surface area contributed by atoms with E-state index in [2.05, 4.69) is 0 Å². The summed E-state index contributed by atoms with van der Waals surface area (Å²) in [4.78, 5) is 16.5. The molecule has 7 heteroatoms. The number of aliphatic hydroxyl groups excluding tert-OH is 1. The number of rotatable bonds is 5. The molecule has 34 heavy (non-hydrogen) atoms. The molecule has 0 bridgehead atoms. The molecule has 0 spiro atoms. The van der Waals surface area contributed by atoms with Gasteiger partial charge in [-0.2, -0.15) is 0 Å². The van der Waals surface area contributed by atoms with E-state index in [4.69, 9.17) is 9.72 Å². The number of hydrogen-bond donors (Lipinski definition) is 1. The molecule has 0 amide bonds. The van der Waals surface area contributed by atoms with Crippen molar-refractivity contribution in [3.63, 3.8) is 0 Å². The number of esters is 1. The summed E-state index contributed by atoms with van der Waals surface area (Å²) in [6, 6.07) is 13.4. The van der Waals surface area contributed by atoms with Crippen LogP contribution in [-0.4, -0.2) is 28.3 Å². The third kappa shape index (κ3) is 5.20. The maximum atomic E-state index is 15.3. The summed E-state index contributed by atoms with van der Waals surface area (Å²) in [5.41, 5.74) is 3.48. The molecule has 2 heterocycles. The lowest BCUT2D eigenvalue weighted by Crippen LogP contribution is -2.32. The van der Waals surface area contributed by atoms with E-state index in [1.54, 1.807) is 30.3 Å². The Morgan fingerprint density at radius 3 is 2.21 bits per heavy atom. The first kappa shape index (κ1) is 23.7. The van der Waals surface area contributed by atoms with Crippen molar-refractivity contribution in [1.82, 2.24) is 4.98 Å². The SMILES string of the molecule is CC(C)c1nc(-c2ccc(F)cc2)cc(-c2ccc(F)cc2)c1C=C(F)[C@@H]1C[C@@H](O)CC(=O)O1.